The van der Waals surface area contributed by atoms with E-state index >= 15 is 0 Å². The van der Waals surface area contributed by atoms with Gasteiger partial charge in [0, 0.05) is 0 Å². The summed E-state index contributed by atoms with van der Waals surface area (Å²) in [6, 6.07) is 0. The molecule has 0 saturated carbocycles. The van der Waals surface area contributed by atoms with Crippen molar-refractivity contribution in [3.05, 3.63) is 0 Å². The van der Waals surface area contributed by atoms with Crippen LogP contribution >= 0.6 is 0 Å². The molecule has 3 heteroatoms. The number of hydrogen-bond acceptors (Lipinski definition) is 3. The molecule has 0 rings (SSSR count). The summed E-state index contributed by atoms with van der Waals surface area (Å²) in [7, 11) is 0. The van der Waals surface area contributed by atoms with Gasteiger partial charge in [0.15, 0.2) is 1.37 Å². The van der Waals surface area contributed by atoms with E-state index in [1.54, 1.807) is 0 Å². The molecule has 0 atom stereocenters. The van der Waals surface area contributed by atoms with Crippen molar-refractivity contribution in [3.8, 4) is 0 Å². The lowest BCUT2D eigenvalue weighted by Gasteiger charge is -1.63. The average Bonchev–Trinajstić information content (AvgIpc) is 1.38. The fraction of sp³-hybridized carbons (Fsp3) is 0. The molecule has 0 aromatic carbocycles. The van der Waals surface area contributed by atoms with Gasteiger partial charge in [-0.3, -0.25) is 4.79 Å². The largest absolute Gasteiger partial charge is 0.330 e. The molecule has 0 spiro atoms. The molecular weight excluding hydrogens is 60.0 g/mol. The molecule has 0 aromatic rings. The van der Waals surface area contributed by atoms with Crippen molar-refractivity contribution in [1.29, 1.82) is 0 Å². The van der Waals surface area contributed by atoms with Gasteiger partial charge in [-0.1, -0.05) is 0 Å². The Morgan fingerprint density at radius 3 is 2.75 bits per heavy atom. The molecule has 0 aliphatic carbocycles. The van der Waals surface area contributed by atoms with E-state index in [2.05, 4.69) is 4.89 Å². The highest BCUT2D eigenvalue weighted by atomic mass is 17.1. The predicted molar refractivity (Wildman–Crippen MR) is 9.78 cm³/mol. The molecule has 0 heterocycles. The van der Waals surface area contributed by atoms with Crippen molar-refractivity contribution in [3.63, 3.8) is 0 Å². The Bertz CT molecular complexity index is 42.2. The van der Waals surface area contributed by atoms with E-state index in [1.165, 1.54) is 0 Å². The van der Waals surface area contributed by atoms with Crippen molar-refractivity contribution in [2.75, 3.05) is 0 Å². The van der Waals surface area contributed by atoms with E-state index in [9.17, 15) is 0 Å². The molecule has 0 radical (unpaired) electrons. The summed E-state index contributed by atoms with van der Waals surface area (Å²) in [6.45, 7) is 0. The minimum atomic E-state index is -1.44. The summed E-state index contributed by atoms with van der Waals surface area (Å²) in [5.74, 6) is 0. The summed E-state index contributed by atoms with van der Waals surface area (Å²) in [6.07, 6.45) is -1.44. The fourth-order valence-corrected chi connectivity index (χ4v) is 0. The Morgan fingerprint density at radius 2 is 2.75 bits per heavy atom. The molecule has 4 heavy (non-hydrogen) atoms. The average molecular weight is 63.0 g/mol. The lowest BCUT2D eigenvalue weighted by atomic mass is 11.7. The first kappa shape index (κ1) is 1.72. The standard InChI is InChI=1S/CH2O3/c2-1-4-3/h1,3H/i1D. The van der Waals surface area contributed by atoms with Crippen molar-refractivity contribution in [2.45, 2.75) is 0 Å². The molecule has 0 aromatic heterocycles. The molecule has 24 valence electrons. The molecule has 0 aliphatic heterocycles. The van der Waals surface area contributed by atoms with Gasteiger partial charge in [-0.05, 0) is 0 Å². The van der Waals surface area contributed by atoms with Crippen LogP contribution < -0.4 is 0 Å². The minimum absolute atomic E-state index is 1.44. The Morgan fingerprint density at radius 1 is 2.50 bits per heavy atom. The zero-order valence-electron chi connectivity index (χ0n) is 2.76. The Balaban J connectivity index is 2.85. The summed E-state index contributed by atoms with van der Waals surface area (Å²) in [5.41, 5.74) is 0. The maximum Gasteiger partial charge on any atom is 0.330 e. The lowest BCUT2D eigenvalue weighted by molar-refractivity contribution is -0.217. The van der Waals surface area contributed by atoms with Crippen LogP contribution in [-0.4, -0.2) is 11.7 Å². The van der Waals surface area contributed by atoms with Crippen LogP contribution in [0.1, 0.15) is 1.37 Å². The van der Waals surface area contributed by atoms with Crippen LogP contribution in [-0.2, 0) is 9.68 Å². The predicted octanol–water partition coefficient (Wildman–Crippen LogP) is -0.368. The highest BCUT2D eigenvalue weighted by Crippen LogP contribution is 1.33. The quantitative estimate of drug-likeness (QED) is 0.237. The highest BCUT2D eigenvalue weighted by molar-refractivity contribution is 5.35. The third kappa shape index (κ3) is 1.43. The topological polar surface area (TPSA) is 46.5 Å². The molecule has 0 saturated heterocycles. The molecule has 0 amide bonds. The molecule has 0 unspecified atom stereocenters. The zero-order valence-corrected chi connectivity index (χ0v) is 1.76. The first-order chi connectivity index (χ1) is 2.27. The maximum atomic E-state index is 9.01. The van der Waals surface area contributed by atoms with Crippen LogP contribution in [0.3, 0.4) is 0 Å². The zero-order chi connectivity index (χ0) is 4.28. The van der Waals surface area contributed by atoms with Gasteiger partial charge in [0.25, 0.3) is 0 Å². The monoisotopic (exact) mass is 63.0 g/mol. The number of rotatable bonds is 0. The Hall–Kier alpha value is -0.570. The molecule has 0 bridgehead atoms. The van der Waals surface area contributed by atoms with Gasteiger partial charge >= 0.3 is 6.45 Å². The van der Waals surface area contributed by atoms with Gasteiger partial charge in [0.05, 0.1) is 0 Å². The normalized spacial score (nSPS) is 8.75. The van der Waals surface area contributed by atoms with Crippen LogP contribution in [0.4, 0.5) is 0 Å². The number of carbonyl (C=O) groups excluding carboxylic acids is 1. The first-order valence-corrected chi connectivity index (χ1v) is 0.591. The van der Waals surface area contributed by atoms with Crippen molar-refractivity contribution in [1.82, 2.24) is 0 Å². The third-order valence-electron chi connectivity index (χ3n) is 0.0373. The van der Waals surface area contributed by atoms with Crippen LogP contribution in [0.5, 0.6) is 0 Å². The van der Waals surface area contributed by atoms with Gasteiger partial charge < -0.3 is 4.89 Å². The van der Waals surface area contributed by atoms with Gasteiger partial charge in [0.1, 0.15) is 0 Å². The molecular formula is CH2O3. The second-order valence-corrected chi connectivity index (χ2v) is 0.175. The van der Waals surface area contributed by atoms with Crippen molar-refractivity contribution >= 4 is 6.45 Å². The van der Waals surface area contributed by atoms with Gasteiger partial charge in [0.2, 0.25) is 0 Å². The van der Waals surface area contributed by atoms with E-state index in [0.29, 0.717) is 0 Å². The Kier molecular flexibility index (Phi) is 1.05. The summed E-state index contributed by atoms with van der Waals surface area (Å²) < 4.78 is 5.72. The number of hydrogen-bond donors (Lipinski definition) is 1. The Labute approximate surface area is 24.1 Å². The SMILES string of the molecule is [2H]C(=O)OO. The molecule has 3 nitrogen and oxygen atoms in total. The maximum absolute atomic E-state index is 9.01. The summed E-state index contributed by atoms with van der Waals surface area (Å²) in [5, 5.41) is 7.11. The molecule has 1 N–H and O–H groups in total. The lowest BCUT2D eigenvalue weighted by Crippen LogP contribution is -1.69. The third-order valence-corrected chi connectivity index (χ3v) is 0.0373. The second-order valence-electron chi connectivity index (χ2n) is 0.175. The molecule has 0 fully saturated rings. The second kappa shape index (κ2) is 2.43. The molecule has 0 aliphatic rings. The van der Waals surface area contributed by atoms with Crippen LogP contribution in [0.15, 0.2) is 0 Å². The summed E-state index contributed by atoms with van der Waals surface area (Å²) >= 11 is 0. The smallest absolute Gasteiger partial charge is 0.304 e. The van der Waals surface area contributed by atoms with Gasteiger partial charge in [-0.2, -0.15) is 0 Å². The van der Waals surface area contributed by atoms with E-state index in [4.69, 9.17) is 11.4 Å². The van der Waals surface area contributed by atoms with E-state index in [0.717, 1.165) is 0 Å². The fourth-order valence-electron chi connectivity index (χ4n) is 0. The van der Waals surface area contributed by atoms with E-state index in [1.807, 2.05) is 0 Å². The van der Waals surface area contributed by atoms with E-state index < -0.39 is 6.45 Å². The van der Waals surface area contributed by atoms with Crippen molar-refractivity contribution in [2.24, 2.45) is 0 Å². The van der Waals surface area contributed by atoms with Crippen LogP contribution in [0.2, 0.25) is 0 Å². The minimum Gasteiger partial charge on any atom is -0.304 e. The van der Waals surface area contributed by atoms with E-state index in [-0.39, 0.29) is 0 Å². The van der Waals surface area contributed by atoms with Gasteiger partial charge in [-0.15, -0.1) is 0 Å². The van der Waals surface area contributed by atoms with Crippen molar-refractivity contribution < 1.29 is 16.3 Å². The number of carbonyl (C=O) groups is 1. The highest BCUT2D eigenvalue weighted by Gasteiger charge is 1.47. The van der Waals surface area contributed by atoms with Gasteiger partial charge in [-0.25, -0.2) is 5.26 Å². The van der Waals surface area contributed by atoms with Crippen LogP contribution in [0.25, 0.3) is 0 Å². The summed E-state index contributed by atoms with van der Waals surface area (Å²) in [4.78, 5) is 11.8. The van der Waals surface area contributed by atoms with Crippen LogP contribution in [0, 0.1) is 0 Å². The first-order valence-electron chi connectivity index (χ1n) is 1.09.